The topological polar surface area (TPSA) is 39.1 Å². The minimum absolute atomic E-state index is 0.674. The van der Waals surface area contributed by atoms with Crippen molar-refractivity contribution in [2.45, 2.75) is 90.5 Å². The maximum atomic E-state index is 11.3. The average Bonchev–Trinajstić information content (AvgIpc) is 3.11. The molecule has 3 aromatic rings. The van der Waals surface area contributed by atoms with Gasteiger partial charge in [-0.15, -0.1) is 0 Å². The first kappa shape index (κ1) is 23.2. The molecule has 0 spiro atoms. The van der Waals surface area contributed by atoms with Crippen molar-refractivity contribution in [3.63, 3.8) is 0 Å². The van der Waals surface area contributed by atoms with Crippen molar-refractivity contribution in [3.8, 4) is 0 Å². The Morgan fingerprint density at radius 2 is 1.03 bits per heavy atom. The molecule has 0 unspecified atom stereocenters. The lowest BCUT2D eigenvalue weighted by Crippen LogP contribution is -1.98. The average molecular weight is 420 g/mol. The third kappa shape index (κ3) is 6.29. The highest BCUT2D eigenvalue weighted by molar-refractivity contribution is 6.10. The molecule has 3 nitrogen and oxygen atoms in total. The molecule has 0 amide bonds. The Morgan fingerprint density at radius 3 is 1.45 bits per heavy atom. The van der Waals surface area contributed by atoms with E-state index in [9.17, 15) is 9.59 Å². The van der Waals surface area contributed by atoms with Gasteiger partial charge in [-0.05, 0) is 42.8 Å². The summed E-state index contributed by atoms with van der Waals surface area (Å²) >= 11 is 0. The first-order valence-electron chi connectivity index (χ1n) is 12.2. The van der Waals surface area contributed by atoms with E-state index in [-0.39, 0.29) is 0 Å². The van der Waals surface area contributed by atoms with Crippen LogP contribution in [0.25, 0.3) is 21.8 Å². The van der Waals surface area contributed by atoms with E-state index in [1.807, 2.05) is 36.4 Å². The van der Waals surface area contributed by atoms with Crippen LogP contribution in [-0.2, 0) is 6.54 Å². The lowest BCUT2D eigenvalue weighted by Gasteiger charge is -2.08. The minimum Gasteiger partial charge on any atom is -0.340 e. The summed E-state index contributed by atoms with van der Waals surface area (Å²) < 4.78 is 2.35. The van der Waals surface area contributed by atoms with Gasteiger partial charge >= 0.3 is 0 Å². The molecule has 166 valence electrons. The van der Waals surface area contributed by atoms with Crippen molar-refractivity contribution in [2.75, 3.05) is 0 Å². The van der Waals surface area contributed by atoms with Crippen molar-refractivity contribution < 1.29 is 9.59 Å². The molecule has 0 N–H and O–H groups in total. The van der Waals surface area contributed by atoms with Crippen molar-refractivity contribution in [1.29, 1.82) is 0 Å². The third-order valence-electron chi connectivity index (χ3n) is 6.42. The number of nitrogens with zero attached hydrogens (tertiary/aromatic N) is 1. The van der Waals surface area contributed by atoms with Crippen LogP contribution in [0.3, 0.4) is 0 Å². The summed E-state index contributed by atoms with van der Waals surface area (Å²) in [6.45, 7) is 3.24. The van der Waals surface area contributed by atoms with Gasteiger partial charge in [0, 0.05) is 39.5 Å². The van der Waals surface area contributed by atoms with E-state index in [0.717, 1.165) is 47.3 Å². The largest absolute Gasteiger partial charge is 0.340 e. The van der Waals surface area contributed by atoms with Gasteiger partial charge < -0.3 is 4.57 Å². The van der Waals surface area contributed by atoms with Gasteiger partial charge in [0.1, 0.15) is 12.6 Å². The minimum atomic E-state index is 0.674. The molecule has 0 fully saturated rings. The van der Waals surface area contributed by atoms with Crippen LogP contribution in [0.1, 0.15) is 105 Å². The van der Waals surface area contributed by atoms with Gasteiger partial charge in [-0.2, -0.15) is 0 Å². The fourth-order valence-electron chi connectivity index (χ4n) is 4.64. The number of carbonyl (C=O) groups is 2. The summed E-state index contributed by atoms with van der Waals surface area (Å²) in [5.41, 5.74) is 3.64. The molecule has 1 heterocycles. The van der Waals surface area contributed by atoms with Crippen LogP contribution < -0.4 is 0 Å². The zero-order valence-electron chi connectivity index (χ0n) is 19.1. The van der Waals surface area contributed by atoms with Gasteiger partial charge in [-0.3, -0.25) is 9.59 Å². The molecule has 0 bridgehead atoms. The molecule has 0 aliphatic carbocycles. The number of hydrogen-bond acceptors (Lipinski definition) is 2. The van der Waals surface area contributed by atoms with Gasteiger partial charge in [-0.25, -0.2) is 0 Å². The van der Waals surface area contributed by atoms with Crippen molar-refractivity contribution in [1.82, 2.24) is 4.57 Å². The van der Waals surface area contributed by atoms with Gasteiger partial charge in [0.25, 0.3) is 0 Å². The van der Waals surface area contributed by atoms with Gasteiger partial charge in [0.2, 0.25) is 0 Å². The van der Waals surface area contributed by atoms with Crippen LogP contribution in [0, 0.1) is 0 Å². The molecule has 2 aromatic carbocycles. The van der Waals surface area contributed by atoms with Crippen LogP contribution in [0.4, 0.5) is 0 Å². The molecular weight excluding hydrogens is 382 g/mol. The second-order valence-electron chi connectivity index (χ2n) is 8.83. The second kappa shape index (κ2) is 12.4. The van der Waals surface area contributed by atoms with E-state index in [0.29, 0.717) is 11.1 Å². The number of aldehydes is 2. The van der Waals surface area contributed by atoms with Crippen LogP contribution in [0.15, 0.2) is 36.4 Å². The van der Waals surface area contributed by atoms with E-state index >= 15 is 0 Å². The van der Waals surface area contributed by atoms with E-state index in [1.54, 1.807) is 0 Å². The van der Waals surface area contributed by atoms with Crippen LogP contribution in [0.2, 0.25) is 0 Å². The highest BCUT2D eigenvalue weighted by Gasteiger charge is 2.11. The van der Waals surface area contributed by atoms with Crippen molar-refractivity contribution in [3.05, 3.63) is 47.5 Å². The van der Waals surface area contributed by atoms with Gasteiger partial charge in [-0.1, -0.05) is 77.6 Å². The number of fused-ring (bicyclic) bond motifs is 3. The van der Waals surface area contributed by atoms with Crippen LogP contribution >= 0.6 is 0 Å². The van der Waals surface area contributed by atoms with E-state index in [2.05, 4.69) is 11.5 Å². The summed E-state index contributed by atoms with van der Waals surface area (Å²) in [7, 11) is 0. The summed E-state index contributed by atoms with van der Waals surface area (Å²) in [5.74, 6) is 0. The number of aromatic nitrogens is 1. The molecule has 1 aromatic heterocycles. The summed E-state index contributed by atoms with van der Waals surface area (Å²) in [6.07, 6.45) is 17.9. The quantitative estimate of drug-likeness (QED) is 0.184. The van der Waals surface area contributed by atoms with Crippen molar-refractivity contribution in [2.24, 2.45) is 0 Å². The number of benzene rings is 2. The van der Waals surface area contributed by atoms with Crippen molar-refractivity contribution >= 4 is 34.4 Å². The first-order valence-corrected chi connectivity index (χ1v) is 12.2. The summed E-state index contributed by atoms with van der Waals surface area (Å²) in [6, 6.07) is 11.7. The Morgan fingerprint density at radius 1 is 0.613 bits per heavy atom. The number of unbranched alkanes of at least 4 members (excludes halogenated alkanes) is 11. The molecule has 3 rings (SSSR count). The molecule has 0 saturated carbocycles. The Kier molecular flexibility index (Phi) is 9.33. The molecule has 0 saturated heterocycles. The van der Waals surface area contributed by atoms with Crippen LogP contribution in [-0.4, -0.2) is 17.1 Å². The second-order valence-corrected chi connectivity index (χ2v) is 8.83. The lowest BCUT2D eigenvalue weighted by atomic mass is 10.1. The zero-order valence-corrected chi connectivity index (χ0v) is 19.1. The molecule has 0 aliphatic heterocycles. The third-order valence-corrected chi connectivity index (χ3v) is 6.42. The van der Waals surface area contributed by atoms with E-state index in [4.69, 9.17) is 0 Å². The normalized spacial score (nSPS) is 11.4. The Hall–Kier alpha value is -2.42. The Balaban J connectivity index is 1.51. The molecule has 0 atom stereocenters. The highest BCUT2D eigenvalue weighted by Crippen LogP contribution is 2.31. The number of aryl methyl sites for hydroxylation is 1. The number of carbonyl (C=O) groups excluding carboxylic acids is 2. The van der Waals surface area contributed by atoms with Gasteiger partial charge in [0.05, 0.1) is 0 Å². The number of rotatable bonds is 15. The lowest BCUT2D eigenvalue weighted by molar-refractivity contribution is 0.111. The molecule has 31 heavy (non-hydrogen) atoms. The Bertz CT molecular complexity index is 920. The van der Waals surface area contributed by atoms with Crippen LogP contribution in [0.5, 0.6) is 0 Å². The van der Waals surface area contributed by atoms with E-state index < -0.39 is 0 Å². The predicted octanol–water partition coefficient (Wildman–Crippen LogP) is 8.12. The summed E-state index contributed by atoms with van der Waals surface area (Å²) in [4.78, 5) is 22.5. The molecule has 3 heteroatoms. The molecular formula is C28H37NO2. The molecule has 0 aliphatic rings. The maximum Gasteiger partial charge on any atom is 0.150 e. The standard InChI is InChI=1S/C28H37NO2/c1-2-3-4-5-6-7-8-9-10-11-12-13-18-29-27-16-14-23(21-30)19-25(27)26-20-24(22-31)15-17-28(26)29/h14-17,19-22H,2-13,18H2,1H3. The smallest absolute Gasteiger partial charge is 0.150 e. The number of hydrogen-bond donors (Lipinski definition) is 0. The molecule has 0 radical (unpaired) electrons. The summed E-state index contributed by atoms with van der Waals surface area (Å²) in [5, 5.41) is 2.12. The van der Waals surface area contributed by atoms with Gasteiger partial charge in [0.15, 0.2) is 0 Å². The fraction of sp³-hybridized carbons (Fsp3) is 0.500. The monoisotopic (exact) mass is 419 g/mol. The zero-order chi connectivity index (χ0) is 21.9. The maximum absolute atomic E-state index is 11.3. The fourth-order valence-corrected chi connectivity index (χ4v) is 4.64. The SMILES string of the molecule is CCCCCCCCCCCCCCn1c2ccc(C=O)cc2c2cc(C=O)ccc21. The first-order chi connectivity index (χ1) is 15.3. The predicted molar refractivity (Wildman–Crippen MR) is 131 cm³/mol. The van der Waals surface area contributed by atoms with E-state index in [1.165, 1.54) is 70.6 Å². The highest BCUT2D eigenvalue weighted by atomic mass is 16.1. The Labute approximate surface area is 186 Å².